The Kier molecular flexibility index (Phi) is 4.51. The van der Waals surface area contributed by atoms with Crippen LogP contribution >= 0.6 is 0 Å². The van der Waals surface area contributed by atoms with Crippen LogP contribution in [0.4, 0.5) is 11.4 Å². The molecule has 0 bridgehead atoms. The number of aromatic nitrogens is 1. The molecule has 21 heavy (non-hydrogen) atoms. The summed E-state index contributed by atoms with van der Waals surface area (Å²) in [4.78, 5) is 6.69. The molecule has 1 aromatic carbocycles. The Morgan fingerprint density at radius 3 is 2.19 bits per heavy atom. The SMILES string of the molecule is Cc1cc(C)c(C(C)Nc2ccc(N(C)C)cc2)c(C)n1. The first-order valence-corrected chi connectivity index (χ1v) is 7.37. The summed E-state index contributed by atoms with van der Waals surface area (Å²) in [5, 5.41) is 3.57. The van der Waals surface area contributed by atoms with Gasteiger partial charge in [-0.2, -0.15) is 0 Å². The van der Waals surface area contributed by atoms with E-state index < -0.39 is 0 Å². The number of hydrogen-bond acceptors (Lipinski definition) is 3. The van der Waals surface area contributed by atoms with Gasteiger partial charge in [0.25, 0.3) is 0 Å². The zero-order chi connectivity index (χ0) is 15.6. The molecule has 0 radical (unpaired) electrons. The van der Waals surface area contributed by atoms with E-state index in [4.69, 9.17) is 0 Å². The van der Waals surface area contributed by atoms with Crippen LogP contribution in [0, 0.1) is 20.8 Å². The lowest BCUT2D eigenvalue weighted by Crippen LogP contribution is -2.12. The van der Waals surface area contributed by atoms with Gasteiger partial charge in [0.05, 0.1) is 6.04 Å². The molecule has 3 heteroatoms. The van der Waals surface area contributed by atoms with Gasteiger partial charge in [0.1, 0.15) is 0 Å². The molecule has 0 spiro atoms. The number of nitrogens with zero attached hydrogens (tertiary/aromatic N) is 2. The molecule has 0 fully saturated rings. The van der Waals surface area contributed by atoms with Crippen molar-refractivity contribution >= 4 is 11.4 Å². The van der Waals surface area contributed by atoms with E-state index in [0.29, 0.717) is 0 Å². The zero-order valence-electron chi connectivity index (χ0n) is 13.9. The maximum atomic E-state index is 4.59. The largest absolute Gasteiger partial charge is 0.378 e. The van der Waals surface area contributed by atoms with Gasteiger partial charge in [0.2, 0.25) is 0 Å². The fraction of sp³-hybridized carbons (Fsp3) is 0.389. The maximum Gasteiger partial charge on any atom is 0.0506 e. The van der Waals surface area contributed by atoms with Crippen LogP contribution in [0.3, 0.4) is 0 Å². The lowest BCUT2D eigenvalue weighted by atomic mass is 10.00. The van der Waals surface area contributed by atoms with Gasteiger partial charge in [-0.1, -0.05) is 0 Å². The summed E-state index contributed by atoms with van der Waals surface area (Å²) in [7, 11) is 4.10. The molecule has 0 aliphatic carbocycles. The third-order valence-electron chi connectivity index (χ3n) is 3.78. The highest BCUT2D eigenvalue weighted by molar-refractivity contribution is 5.55. The minimum Gasteiger partial charge on any atom is -0.378 e. The van der Waals surface area contributed by atoms with Crippen molar-refractivity contribution in [3.63, 3.8) is 0 Å². The standard InChI is InChI=1S/C18H25N3/c1-12-11-13(2)19-14(3)18(12)15(4)20-16-7-9-17(10-8-16)21(5)6/h7-11,15,20H,1-6H3. The van der Waals surface area contributed by atoms with E-state index >= 15 is 0 Å². The number of rotatable bonds is 4. The number of hydrogen-bond donors (Lipinski definition) is 1. The van der Waals surface area contributed by atoms with Gasteiger partial charge in [-0.05, 0) is 69.2 Å². The van der Waals surface area contributed by atoms with Crippen molar-refractivity contribution in [1.82, 2.24) is 4.98 Å². The van der Waals surface area contributed by atoms with Crippen molar-refractivity contribution in [3.8, 4) is 0 Å². The quantitative estimate of drug-likeness (QED) is 0.909. The highest BCUT2D eigenvalue weighted by Gasteiger charge is 2.13. The van der Waals surface area contributed by atoms with Gasteiger partial charge >= 0.3 is 0 Å². The summed E-state index contributed by atoms with van der Waals surface area (Å²) in [6, 6.07) is 10.9. The molecule has 1 N–H and O–H groups in total. The summed E-state index contributed by atoms with van der Waals surface area (Å²) >= 11 is 0. The van der Waals surface area contributed by atoms with Gasteiger partial charge in [-0.15, -0.1) is 0 Å². The van der Waals surface area contributed by atoms with Crippen LogP contribution < -0.4 is 10.2 Å². The molecule has 2 rings (SSSR count). The zero-order valence-corrected chi connectivity index (χ0v) is 13.9. The Hall–Kier alpha value is -2.03. The number of aryl methyl sites for hydroxylation is 3. The molecule has 1 aromatic heterocycles. The maximum absolute atomic E-state index is 4.59. The number of benzene rings is 1. The van der Waals surface area contributed by atoms with Crippen molar-refractivity contribution in [3.05, 3.63) is 52.8 Å². The summed E-state index contributed by atoms with van der Waals surface area (Å²) in [6.45, 7) is 8.47. The van der Waals surface area contributed by atoms with Gasteiger partial charge in [0.15, 0.2) is 0 Å². The molecule has 1 unspecified atom stereocenters. The van der Waals surface area contributed by atoms with Crippen molar-refractivity contribution in [2.75, 3.05) is 24.3 Å². The molecule has 0 amide bonds. The average molecular weight is 283 g/mol. The third-order valence-corrected chi connectivity index (χ3v) is 3.78. The summed E-state index contributed by atoms with van der Waals surface area (Å²) < 4.78 is 0. The van der Waals surface area contributed by atoms with Crippen LogP contribution in [0.2, 0.25) is 0 Å². The number of anilines is 2. The molecule has 112 valence electrons. The minimum atomic E-state index is 0.239. The second kappa shape index (κ2) is 6.17. The van der Waals surface area contributed by atoms with E-state index in [2.05, 4.69) is 80.4 Å². The topological polar surface area (TPSA) is 28.2 Å². The summed E-state index contributed by atoms with van der Waals surface area (Å²) in [6.07, 6.45) is 0. The smallest absolute Gasteiger partial charge is 0.0506 e. The first kappa shape index (κ1) is 15.4. The monoisotopic (exact) mass is 283 g/mol. The van der Waals surface area contributed by atoms with Crippen LogP contribution in [-0.4, -0.2) is 19.1 Å². The van der Waals surface area contributed by atoms with Gasteiger partial charge in [-0.3, -0.25) is 4.98 Å². The molecule has 0 aliphatic rings. The fourth-order valence-corrected chi connectivity index (χ4v) is 2.87. The van der Waals surface area contributed by atoms with E-state index in [9.17, 15) is 0 Å². The van der Waals surface area contributed by atoms with Crippen LogP contribution in [0.15, 0.2) is 30.3 Å². The Morgan fingerprint density at radius 1 is 1.05 bits per heavy atom. The van der Waals surface area contributed by atoms with E-state index in [1.165, 1.54) is 16.8 Å². The molecule has 0 saturated carbocycles. The van der Waals surface area contributed by atoms with Crippen molar-refractivity contribution in [2.45, 2.75) is 33.7 Å². The Balaban J connectivity index is 2.20. The predicted octanol–water partition coefficient (Wildman–Crippen LogP) is 4.25. The molecule has 0 saturated heterocycles. The summed E-state index contributed by atoms with van der Waals surface area (Å²) in [5.74, 6) is 0. The van der Waals surface area contributed by atoms with Crippen molar-refractivity contribution in [1.29, 1.82) is 0 Å². The van der Waals surface area contributed by atoms with E-state index in [1.54, 1.807) is 0 Å². The van der Waals surface area contributed by atoms with Crippen LogP contribution in [0.1, 0.15) is 35.5 Å². The van der Waals surface area contributed by atoms with Crippen molar-refractivity contribution < 1.29 is 0 Å². The summed E-state index contributed by atoms with van der Waals surface area (Å²) in [5.41, 5.74) is 7.11. The average Bonchev–Trinajstić information content (AvgIpc) is 2.37. The lowest BCUT2D eigenvalue weighted by molar-refractivity contribution is 0.843. The van der Waals surface area contributed by atoms with Gasteiger partial charge in [0, 0.05) is 36.9 Å². The van der Waals surface area contributed by atoms with E-state index in [-0.39, 0.29) is 6.04 Å². The van der Waals surface area contributed by atoms with Crippen molar-refractivity contribution in [2.24, 2.45) is 0 Å². The molecular weight excluding hydrogens is 258 g/mol. The highest BCUT2D eigenvalue weighted by atomic mass is 15.1. The third kappa shape index (κ3) is 3.54. The fourth-order valence-electron chi connectivity index (χ4n) is 2.87. The van der Waals surface area contributed by atoms with Gasteiger partial charge < -0.3 is 10.2 Å². The second-order valence-electron chi connectivity index (χ2n) is 5.89. The van der Waals surface area contributed by atoms with Crippen LogP contribution in [0.25, 0.3) is 0 Å². The molecule has 0 aliphatic heterocycles. The number of pyridine rings is 1. The molecule has 2 aromatic rings. The Morgan fingerprint density at radius 2 is 1.67 bits per heavy atom. The number of nitrogens with one attached hydrogen (secondary N) is 1. The molecule has 1 heterocycles. The lowest BCUT2D eigenvalue weighted by Gasteiger charge is -2.21. The second-order valence-corrected chi connectivity index (χ2v) is 5.89. The van der Waals surface area contributed by atoms with Crippen LogP contribution in [0.5, 0.6) is 0 Å². The molecule has 1 atom stereocenters. The normalized spacial score (nSPS) is 12.1. The predicted molar refractivity (Wildman–Crippen MR) is 91.3 cm³/mol. The van der Waals surface area contributed by atoms with Crippen LogP contribution in [-0.2, 0) is 0 Å². The first-order valence-electron chi connectivity index (χ1n) is 7.37. The molecule has 3 nitrogen and oxygen atoms in total. The first-order chi connectivity index (χ1) is 9.88. The van der Waals surface area contributed by atoms with Gasteiger partial charge in [-0.25, -0.2) is 0 Å². The molecular formula is C18H25N3. The van der Waals surface area contributed by atoms with E-state index in [1.807, 2.05) is 6.92 Å². The Bertz CT molecular complexity index is 592. The van der Waals surface area contributed by atoms with E-state index in [0.717, 1.165) is 17.1 Å². The highest BCUT2D eigenvalue weighted by Crippen LogP contribution is 2.26. The Labute approximate surface area is 128 Å². The minimum absolute atomic E-state index is 0.239.